The summed E-state index contributed by atoms with van der Waals surface area (Å²) in [5.41, 5.74) is -4.67. The van der Waals surface area contributed by atoms with E-state index in [0.29, 0.717) is 30.4 Å². The summed E-state index contributed by atoms with van der Waals surface area (Å²) >= 11 is 0.885. The van der Waals surface area contributed by atoms with Crippen LogP contribution in [0.3, 0.4) is 0 Å². The first-order valence-electron chi connectivity index (χ1n) is 19.4. The molecule has 4 N–H and O–H groups in total. The maximum Gasteiger partial charge on any atom is 0.418 e. The molecular weight excluding hydrogens is 871 g/mol. The topological polar surface area (TPSA) is 281 Å². The highest BCUT2D eigenvalue weighted by Gasteiger charge is 2.58. The van der Waals surface area contributed by atoms with Crippen molar-refractivity contribution in [1.82, 2.24) is 30.2 Å². The summed E-state index contributed by atoms with van der Waals surface area (Å²) in [5.74, 6) is -2.26. The maximum absolute atomic E-state index is 13.8. The molecule has 0 aromatic carbocycles. The normalized spacial score (nSPS) is 16.0. The number of hydrogen-bond acceptors (Lipinski definition) is 17. The number of oxime groups is 1. The van der Waals surface area contributed by atoms with Gasteiger partial charge in [-0.3, -0.25) is 19.5 Å². The third kappa shape index (κ3) is 15.4. The smallest absolute Gasteiger partial charge is 0.418 e. The Kier molecular flexibility index (Phi) is 15.5. The minimum absolute atomic E-state index is 0.0159. The number of rotatable bonds is 17. The molecule has 25 heteroatoms. The fourth-order valence-electron chi connectivity index (χ4n) is 5.29. The number of hydroxylamine groups is 2. The van der Waals surface area contributed by atoms with Gasteiger partial charge >= 0.3 is 28.6 Å². The van der Waals surface area contributed by atoms with Crippen molar-refractivity contribution in [1.29, 1.82) is 0 Å². The zero-order valence-corrected chi connectivity index (χ0v) is 38.4. The van der Waals surface area contributed by atoms with Gasteiger partial charge in [-0.05, 0) is 82.2 Å². The number of hydrogen-bond donors (Lipinski definition) is 4. The summed E-state index contributed by atoms with van der Waals surface area (Å²) in [6.07, 6.45) is 4.60. The van der Waals surface area contributed by atoms with Crippen molar-refractivity contribution < 1.29 is 69.6 Å². The second kappa shape index (κ2) is 19.6. The minimum Gasteiger partial charge on any atom is -0.487 e. The van der Waals surface area contributed by atoms with E-state index < -0.39 is 87.2 Å². The highest BCUT2D eigenvalue weighted by molar-refractivity contribution is 7.80. The number of aryl methyl sites for hydroxylation is 1. The van der Waals surface area contributed by atoms with Gasteiger partial charge in [0.2, 0.25) is 12.1 Å². The lowest BCUT2D eigenvalue weighted by Gasteiger charge is -2.50. The number of thiazole rings is 1. The number of anilines is 1. The molecule has 1 unspecified atom stereocenters. The van der Waals surface area contributed by atoms with Gasteiger partial charge in [-0.25, -0.2) is 28.9 Å². The number of β-lactam (4-membered cyclic amide) rings is 1. The highest BCUT2D eigenvalue weighted by Crippen LogP contribution is 2.33. The maximum atomic E-state index is 13.8. The number of esters is 1. The zero-order chi connectivity index (χ0) is 47.1. The number of alkyl carbamates (subject to hydrolysis) is 1. The zero-order valence-electron chi connectivity index (χ0n) is 36.8. The van der Waals surface area contributed by atoms with Crippen LogP contribution in [0, 0.1) is 0 Å². The van der Waals surface area contributed by atoms with Crippen LogP contribution < -0.4 is 25.3 Å². The SMILES string of the molecule is CC(C)(C)OC(=O)NCCC[n+]1ccn(-c2ccc(OCC(O/N=C(\C(=O)N[C@@H]3C(=O)N(OS(=O)(=O)O)C3(C)C)c3csc(NC(=O)OC(C)(C)C)n3)C(=O)OC(C)(C)C)cn2)c1. The Morgan fingerprint density at radius 2 is 1.65 bits per heavy atom. The Morgan fingerprint density at radius 3 is 2.24 bits per heavy atom. The lowest BCUT2D eigenvalue weighted by Crippen LogP contribution is -2.76. The van der Waals surface area contributed by atoms with Crippen LogP contribution in [0.1, 0.15) is 88.3 Å². The number of pyridine rings is 1. The predicted molar refractivity (Wildman–Crippen MR) is 223 cm³/mol. The molecule has 3 aromatic rings. The van der Waals surface area contributed by atoms with Gasteiger partial charge < -0.3 is 34.4 Å². The molecule has 0 saturated carbocycles. The molecule has 4 heterocycles. The Labute approximate surface area is 368 Å². The number of nitrogens with zero attached hydrogens (tertiary/aromatic N) is 6. The molecule has 346 valence electrons. The summed E-state index contributed by atoms with van der Waals surface area (Å²) in [6.45, 7) is 18.5. The summed E-state index contributed by atoms with van der Waals surface area (Å²) in [7, 11) is -5.09. The molecule has 0 radical (unpaired) electrons. The molecule has 23 nitrogen and oxygen atoms in total. The minimum atomic E-state index is -5.09. The van der Waals surface area contributed by atoms with Crippen LogP contribution in [0.25, 0.3) is 5.82 Å². The van der Waals surface area contributed by atoms with E-state index in [-0.39, 0.29) is 16.6 Å². The number of aromatic nitrogens is 4. The third-order valence-electron chi connectivity index (χ3n) is 7.97. The number of ether oxygens (including phenoxy) is 4. The first-order chi connectivity index (χ1) is 29.0. The molecule has 0 aliphatic carbocycles. The Morgan fingerprint density at radius 1 is 1.00 bits per heavy atom. The van der Waals surface area contributed by atoms with E-state index >= 15 is 0 Å². The van der Waals surface area contributed by atoms with E-state index in [1.54, 1.807) is 85.2 Å². The van der Waals surface area contributed by atoms with Gasteiger partial charge in [-0.1, -0.05) is 5.16 Å². The van der Waals surface area contributed by atoms with Crippen LogP contribution in [0.2, 0.25) is 0 Å². The molecule has 1 saturated heterocycles. The number of imidazole rings is 1. The van der Waals surface area contributed by atoms with E-state index in [2.05, 4.69) is 35.4 Å². The Balaban J connectivity index is 1.51. The monoisotopic (exact) mass is 924 g/mol. The molecular formula is C38H54N9O14S2+. The lowest BCUT2D eigenvalue weighted by atomic mass is 9.84. The van der Waals surface area contributed by atoms with Crippen molar-refractivity contribution in [3.8, 4) is 11.6 Å². The second-order valence-electron chi connectivity index (χ2n) is 17.4. The van der Waals surface area contributed by atoms with Crippen molar-refractivity contribution in [2.24, 2.45) is 5.16 Å². The molecule has 2 atom stereocenters. The number of carbonyl (C=O) groups excluding carboxylic acids is 5. The molecule has 1 fully saturated rings. The molecule has 0 spiro atoms. The van der Waals surface area contributed by atoms with Crippen LogP contribution in [0.4, 0.5) is 14.7 Å². The van der Waals surface area contributed by atoms with Gasteiger partial charge in [0, 0.05) is 24.4 Å². The van der Waals surface area contributed by atoms with Crippen molar-refractivity contribution in [3.05, 3.63) is 48.1 Å². The van der Waals surface area contributed by atoms with Crippen LogP contribution in [-0.2, 0) is 54.7 Å². The molecule has 63 heavy (non-hydrogen) atoms. The summed E-state index contributed by atoms with van der Waals surface area (Å²) in [6, 6.07) is 1.87. The fourth-order valence-corrected chi connectivity index (χ4v) is 6.43. The molecule has 4 rings (SSSR count). The van der Waals surface area contributed by atoms with E-state index in [1.165, 1.54) is 25.4 Å². The van der Waals surface area contributed by atoms with Crippen LogP contribution in [-0.4, -0.2) is 116 Å². The first-order valence-corrected chi connectivity index (χ1v) is 21.6. The van der Waals surface area contributed by atoms with Gasteiger partial charge in [-0.15, -0.1) is 15.6 Å². The van der Waals surface area contributed by atoms with Crippen molar-refractivity contribution in [2.75, 3.05) is 18.5 Å². The Bertz CT molecular complexity index is 2270. The van der Waals surface area contributed by atoms with Crippen molar-refractivity contribution in [2.45, 2.75) is 124 Å². The highest BCUT2D eigenvalue weighted by atomic mass is 32.3. The van der Waals surface area contributed by atoms with Gasteiger partial charge in [-0.2, -0.15) is 18.0 Å². The van der Waals surface area contributed by atoms with E-state index in [9.17, 15) is 32.4 Å². The van der Waals surface area contributed by atoms with Crippen LogP contribution in [0.5, 0.6) is 5.75 Å². The summed E-state index contributed by atoms with van der Waals surface area (Å²) in [4.78, 5) is 78.8. The van der Waals surface area contributed by atoms with Crippen LogP contribution in [0.15, 0.2) is 47.6 Å². The van der Waals surface area contributed by atoms with Gasteiger partial charge in [0.1, 0.15) is 53.3 Å². The number of amides is 4. The molecule has 1 aliphatic rings. The predicted octanol–water partition coefficient (Wildman–Crippen LogP) is 3.23. The lowest BCUT2D eigenvalue weighted by molar-refractivity contribution is -0.696. The van der Waals surface area contributed by atoms with E-state index in [0.717, 1.165) is 11.3 Å². The second-order valence-corrected chi connectivity index (χ2v) is 19.3. The molecule has 4 amide bonds. The summed E-state index contributed by atoms with van der Waals surface area (Å²) < 4.78 is 61.8. The number of carbonyl (C=O) groups is 5. The third-order valence-corrected chi connectivity index (χ3v) is 9.07. The van der Waals surface area contributed by atoms with Gasteiger partial charge in [0.05, 0.1) is 18.3 Å². The molecule has 1 aliphatic heterocycles. The van der Waals surface area contributed by atoms with Crippen LogP contribution >= 0.6 is 11.3 Å². The first kappa shape index (κ1) is 49.7. The standard InChI is InChI=1S/C38H53N9O14S2/c1-35(2,3)57-31(50)25(20-56-23-13-14-26(40-19-23)46-18-17-45(22-46)16-12-15-39-33(51)58-36(4,5)6)60-44-27(24-21-62-32(41-24)43-34(52)59-37(7,8)9)29(48)42-28-30(49)47(38(28,10)11)61-63(53,54)55/h13-14,17-19,21-22,25,28H,12,15-16,20H2,1-11H3,(H3-,39,41,42,43,48,51,52,53,54,55)/p+1/b44-27-/t25?,28-/m1/s1. The van der Waals surface area contributed by atoms with E-state index in [4.69, 9.17) is 28.3 Å². The average molecular weight is 925 g/mol. The average Bonchev–Trinajstić information content (AvgIpc) is 3.80. The largest absolute Gasteiger partial charge is 0.487 e. The van der Waals surface area contributed by atoms with Gasteiger partial charge in [0.15, 0.2) is 10.8 Å². The van der Waals surface area contributed by atoms with Crippen molar-refractivity contribution >= 4 is 62.5 Å². The Hall–Kier alpha value is -5.92. The quantitative estimate of drug-likeness (QED) is 0.0221. The summed E-state index contributed by atoms with van der Waals surface area (Å²) in [5, 5.41) is 13.2. The number of nitrogens with one attached hydrogen (secondary N) is 3. The molecule has 3 aromatic heterocycles. The van der Waals surface area contributed by atoms with E-state index in [1.807, 2.05) is 17.1 Å². The molecule has 0 bridgehead atoms. The van der Waals surface area contributed by atoms with Gasteiger partial charge in [0.25, 0.3) is 17.9 Å². The fraction of sp³-hybridized carbons (Fsp3) is 0.553. The van der Waals surface area contributed by atoms with Crippen molar-refractivity contribution in [3.63, 3.8) is 0 Å².